The van der Waals surface area contributed by atoms with Crippen LogP contribution in [0.25, 0.3) is 0 Å². The lowest BCUT2D eigenvalue weighted by atomic mass is 10.2. The number of amides is 1. The van der Waals surface area contributed by atoms with Gasteiger partial charge in [0.15, 0.2) is 0 Å². The summed E-state index contributed by atoms with van der Waals surface area (Å²) in [5, 5.41) is 6.08. The molecule has 1 fully saturated rings. The first-order valence-electron chi connectivity index (χ1n) is 8.57. The smallest absolute Gasteiger partial charge is 0.257 e. The molecule has 3 rings (SSSR count). The summed E-state index contributed by atoms with van der Waals surface area (Å²) in [7, 11) is 0. The number of hydrogen-bond acceptors (Lipinski definition) is 3. The lowest BCUT2D eigenvalue weighted by Gasteiger charge is -2.13. The molecule has 0 aromatic heterocycles. The first kappa shape index (κ1) is 17.2. The molecule has 1 heterocycles. The van der Waals surface area contributed by atoms with Crippen LogP contribution in [0.4, 0.5) is 5.69 Å². The van der Waals surface area contributed by atoms with E-state index in [9.17, 15) is 4.79 Å². The Balaban J connectivity index is 1.73. The molecular formula is C20H23N3O2. The molecule has 1 amide bonds. The van der Waals surface area contributed by atoms with Gasteiger partial charge in [-0.3, -0.25) is 10.1 Å². The molecule has 1 unspecified atom stereocenters. The Hall–Kier alpha value is -2.66. The normalized spacial score (nSPS) is 17.3. The van der Waals surface area contributed by atoms with E-state index in [0.29, 0.717) is 18.1 Å². The summed E-state index contributed by atoms with van der Waals surface area (Å²) < 4.78 is 5.61. The number of nitrogens with one attached hydrogen (secondary N) is 2. The molecule has 0 radical (unpaired) electrons. The number of carbonyl (C=O) groups excluding carboxylic acids is 1. The van der Waals surface area contributed by atoms with Gasteiger partial charge in [-0.05, 0) is 49.6 Å². The third-order valence-corrected chi connectivity index (χ3v) is 4.03. The summed E-state index contributed by atoms with van der Waals surface area (Å²) >= 11 is 0. The molecule has 2 aromatic rings. The number of hydrogen-bond donors (Lipinski definition) is 2. The highest BCUT2D eigenvalue weighted by molar-refractivity contribution is 6.09. The standard InChI is InChI=1S/C20H23N3O2/c1-15-7-5-10-17(13-15)22-20(21-14-18-11-6-12-25-18)23-19(24)16-8-3-2-4-9-16/h2-5,7-10,13,18H,6,11-12,14H2,1H3,(H2,21,22,23,24). The second-order valence-corrected chi connectivity index (χ2v) is 6.14. The average Bonchev–Trinajstić information content (AvgIpc) is 3.14. The van der Waals surface area contributed by atoms with E-state index >= 15 is 0 Å². The maximum atomic E-state index is 12.4. The first-order valence-corrected chi connectivity index (χ1v) is 8.57. The Kier molecular flexibility index (Phi) is 5.80. The molecule has 0 aliphatic carbocycles. The average molecular weight is 337 g/mol. The van der Waals surface area contributed by atoms with Crippen molar-refractivity contribution >= 4 is 17.6 Å². The van der Waals surface area contributed by atoms with Crippen LogP contribution in [-0.4, -0.2) is 31.1 Å². The molecule has 2 aromatic carbocycles. The largest absolute Gasteiger partial charge is 0.376 e. The highest BCUT2D eigenvalue weighted by Crippen LogP contribution is 2.13. The minimum atomic E-state index is -0.188. The van der Waals surface area contributed by atoms with Gasteiger partial charge in [0.25, 0.3) is 5.91 Å². The fourth-order valence-corrected chi connectivity index (χ4v) is 2.72. The van der Waals surface area contributed by atoms with Gasteiger partial charge in [0.2, 0.25) is 5.96 Å². The van der Waals surface area contributed by atoms with Crippen molar-refractivity contribution < 1.29 is 9.53 Å². The Bertz CT molecular complexity index is 738. The van der Waals surface area contributed by atoms with Gasteiger partial charge in [0.05, 0.1) is 12.6 Å². The zero-order valence-corrected chi connectivity index (χ0v) is 14.4. The quantitative estimate of drug-likeness (QED) is 0.664. The van der Waals surface area contributed by atoms with Crippen LogP contribution >= 0.6 is 0 Å². The van der Waals surface area contributed by atoms with Crippen LogP contribution in [0.5, 0.6) is 0 Å². The van der Waals surface area contributed by atoms with E-state index in [4.69, 9.17) is 4.74 Å². The number of guanidine groups is 1. The van der Waals surface area contributed by atoms with E-state index in [1.165, 1.54) is 0 Å². The van der Waals surface area contributed by atoms with Crippen molar-refractivity contribution in [1.82, 2.24) is 5.32 Å². The molecule has 130 valence electrons. The molecule has 1 saturated heterocycles. The Morgan fingerprint density at radius 2 is 2.04 bits per heavy atom. The van der Waals surface area contributed by atoms with Gasteiger partial charge in [-0.2, -0.15) is 0 Å². The molecule has 5 nitrogen and oxygen atoms in total. The maximum absolute atomic E-state index is 12.4. The number of ether oxygens (including phenoxy) is 1. The first-order chi connectivity index (χ1) is 12.2. The molecule has 0 saturated carbocycles. The number of benzene rings is 2. The fourth-order valence-electron chi connectivity index (χ4n) is 2.72. The number of nitrogens with zero attached hydrogens (tertiary/aromatic N) is 1. The molecular weight excluding hydrogens is 314 g/mol. The number of rotatable bonds is 4. The lowest BCUT2D eigenvalue weighted by Crippen LogP contribution is -2.36. The van der Waals surface area contributed by atoms with Crippen LogP contribution in [0.15, 0.2) is 59.6 Å². The van der Waals surface area contributed by atoms with Gasteiger partial charge >= 0.3 is 0 Å². The zero-order chi connectivity index (χ0) is 17.5. The van der Waals surface area contributed by atoms with Crippen LogP contribution < -0.4 is 10.6 Å². The van der Waals surface area contributed by atoms with Crippen molar-refractivity contribution in [3.8, 4) is 0 Å². The van der Waals surface area contributed by atoms with Gasteiger partial charge in [-0.15, -0.1) is 0 Å². The van der Waals surface area contributed by atoms with Crippen molar-refractivity contribution in [2.75, 3.05) is 18.5 Å². The minimum Gasteiger partial charge on any atom is -0.376 e. The van der Waals surface area contributed by atoms with E-state index in [2.05, 4.69) is 15.6 Å². The third-order valence-electron chi connectivity index (χ3n) is 4.03. The van der Waals surface area contributed by atoms with Gasteiger partial charge in [0.1, 0.15) is 0 Å². The molecule has 0 bridgehead atoms. The highest BCUT2D eigenvalue weighted by Gasteiger charge is 2.16. The van der Waals surface area contributed by atoms with Gasteiger partial charge in [0, 0.05) is 17.9 Å². The second kappa shape index (κ2) is 8.44. The summed E-state index contributed by atoms with van der Waals surface area (Å²) in [4.78, 5) is 17.0. The highest BCUT2D eigenvalue weighted by atomic mass is 16.5. The van der Waals surface area contributed by atoms with Crippen molar-refractivity contribution in [2.24, 2.45) is 4.99 Å². The second-order valence-electron chi connectivity index (χ2n) is 6.14. The van der Waals surface area contributed by atoms with Crippen molar-refractivity contribution in [3.05, 3.63) is 65.7 Å². The van der Waals surface area contributed by atoms with E-state index in [1.54, 1.807) is 12.1 Å². The lowest BCUT2D eigenvalue weighted by molar-refractivity contribution is 0.0975. The fraction of sp³-hybridized carbons (Fsp3) is 0.300. The van der Waals surface area contributed by atoms with Crippen LogP contribution in [0.3, 0.4) is 0 Å². The van der Waals surface area contributed by atoms with E-state index in [1.807, 2.05) is 49.4 Å². The SMILES string of the molecule is Cc1cccc(NC(=NCC2CCCO2)NC(=O)c2ccccc2)c1. The van der Waals surface area contributed by atoms with Crippen LogP contribution in [0.2, 0.25) is 0 Å². The van der Waals surface area contributed by atoms with Gasteiger partial charge in [-0.1, -0.05) is 30.3 Å². The van der Waals surface area contributed by atoms with E-state index < -0.39 is 0 Å². The predicted molar refractivity (Wildman–Crippen MR) is 100.0 cm³/mol. The van der Waals surface area contributed by atoms with Crippen LogP contribution in [0, 0.1) is 6.92 Å². The van der Waals surface area contributed by atoms with Crippen LogP contribution in [0.1, 0.15) is 28.8 Å². The molecule has 25 heavy (non-hydrogen) atoms. The van der Waals surface area contributed by atoms with Gasteiger partial charge in [-0.25, -0.2) is 4.99 Å². The number of anilines is 1. The van der Waals surface area contributed by atoms with Crippen molar-refractivity contribution in [2.45, 2.75) is 25.9 Å². The minimum absolute atomic E-state index is 0.128. The number of carbonyl (C=O) groups is 1. The van der Waals surface area contributed by atoms with Crippen molar-refractivity contribution in [1.29, 1.82) is 0 Å². The number of aliphatic imine (C=N–C) groups is 1. The van der Waals surface area contributed by atoms with Gasteiger partial charge < -0.3 is 10.1 Å². The Morgan fingerprint density at radius 3 is 2.76 bits per heavy atom. The Labute approximate surface area is 148 Å². The predicted octanol–water partition coefficient (Wildman–Crippen LogP) is 3.37. The third kappa shape index (κ3) is 5.16. The van der Waals surface area contributed by atoms with Crippen LogP contribution in [-0.2, 0) is 4.74 Å². The molecule has 0 spiro atoms. The summed E-state index contributed by atoms with van der Waals surface area (Å²) in [6, 6.07) is 17.1. The van der Waals surface area contributed by atoms with Crippen molar-refractivity contribution in [3.63, 3.8) is 0 Å². The molecule has 1 aliphatic rings. The molecule has 1 atom stereocenters. The summed E-state index contributed by atoms with van der Waals surface area (Å²) in [5.74, 6) is 0.252. The van der Waals surface area contributed by atoms with E-state index in [0.717, 1.165) is 30.7 Å². The van der Waals surface area contributed by atoms with E-state index in [-0.39, 0.29) is 12.0 Å². The summed E-state index contributed by atoms with van der Waals surface area (Å²) in [6.07, 6.45) is 2.20. The molecule has 1 aliphatic heterocycles. The maximum Gasteiger partial charge on any atom is 0.257 e. The monoisotopic (exact) mass is 337 g/mol. The zero-order valence-electron chi connectivity index (χ0n) is 14.4. The molecule has 5 heteroatoms. The Morgan fingerprint density at radius 1 is 1.20 bits per heavy atom. The topological polar surface area (TPSA) is 62.7 Å². The summed E-state index contributed by atoms with van der Waals surface area (Å²) in [5.41, 5.74) is 2.62. The molecule has 2 N–H and O–H groups in total. The summed E-state index contributed by atoms with van der Waals surface area (Å²) in [6.45, 7) is 3.34. The number of aryl methyl sites for hydroxylation is 1.